The second-order valence-electron chi connectivity index (χ2n) is 5.38. The van der Waals surface area contributed by atoms with Gasteiger partial charge in [0.1, 0.15) is 0 Å². The molecule has 0 saturated heterocycles. The lowest BCUT2D eigenvalue weighted by Crippen LogP contribution is -2.30. The Morgan fingerprint density at radius 2 is 1.95 bits per heavy atom. The molecule has 0 saturated carbocycles. The molecule has 3 rings (SSSR count). The zero-order valence-electron chi connectivity index (χ0n) is 12.4. The van der Waals surface area contributed by atoms with E-state index in [2.05, 4.69) is 71.5 Å². The molecule has 0 aliphatic rings. The van der Waals surface area contributed by atoms with Gasteiger partial charge in [-0.1, -0.05) is 24.3 Å². The average Bonchev–Trinajstić information content (AvgIpc) is 3.13. The molecule has 0 spiro atoms. The molecule has 1 aromatic carbocycles. The number of hydrogen-bond acceptors (Lipinski definition) is 4. The summed E-state index contributed by atoms with van der Waals surface area (Å²) < 4.78 is 1.37. The molecular weight excluding hydrogens is 296 g/mol. The van der Waals surface area contributed by atoms with Gasteiger partial charge in [-0.05, 0) is 47.9 Å². The zero-order valence-corrected chi connectivity index (χ0v) is 14.0. The molecule has 0 aliphatic heterocycles. The number of nitrogens with zero attached hydrogens (tertiary/aromatic N) is 1. The summed E-state index contributed by atoms with van der Waals surface area (Å²) in [6.45, 7) is 1.90. The number of benzene rings is 1. The SMILES string of the molecule is CN(C)C(CNCc1csc2ccccc12)c1cccs1. The first-order chi connectivity index (χ1) is 10.3. The van der Waals surface area contributed by atoms with Crippen LogP contribution in [0, 0.1) is 0 Å². The highest BCUT2D eigenvalue weighted by Gasteiger charge is 2.14. The highest BCUT2D eigenvalue weighted by atomic mass is 32.1. The van der Waals surface area contributed by atoms with Crippen molar-refractivity contribution in [3.8, 4) is 0 Å². The van der Waals surface area contributed by atoms with Gasteiger partial charge in [0, 0.05) is 22.7 Å². The molecule has 1 atom stereocenters. The molecule has 2 heterocycles. The van der Waals surface area contributed by atoms with E-state index in [-0.39, 0.29) is 0 Å². The van der Waals surface area contributed by atoms with E-state index < -0.39 is 0 Å². The van der Waals surface area contributed by atoms with Gasteiger partial charge in [-0.15, -0.1) is 22.7 Å². The highest BCUT2D eigenvalue weighted by Crippen LogP contribution is 2.26. The molecule has 3 aromatic rings. The normalized spacial score (nSPS) is 13.1. The Labute approximate surface area is 134 Å². The van der Waals surface area contributed by atoms with Crippen molar-refractivity contribution in [1.82, 2.24) is 10.2 Å². The van der Waals surface area contributed by atoms with E-state index in [4.69, 9.17) is 0 Å². The predicted molar refractivity (Wildman–Crippen MR) is 94.3 cm³/mol. The second-order valence-corrected chi connectivity index (χ2v) is 7.27. The van der Waals surface area contributed by atoms with E-state index in [1.807, 2.05) is 22.7 Å². The molecule has 21 heavy (non-hydrogen) atoms. The lowest BCUT2D eigenvalue weighted by molar-refractivity contribution is 0.292. The summed E-state index contributed by atoms with van der Waals surface area (Å²) in [7, 11) is 4.29. The third-order valence-electron chi connectivity index (χ3n) is 3.71. The summed E-state index contributed by atoms with van der Waals surface area (Å²) in [6, 6.07) is 13.4. The Morgan fingerprint density at radius 1 is 1.10 bits per heavy atom. The number of nitrogens with one attached hydrogen (secondary N) is 1. The maximum Gasteiger partial charge on any atom is 0.0561 e. The first-order valence-electron chi connectivity index (χ1n) is 7.11. The number of likely N-dealkylation sites (N-methyl/N-ethyl adjacent to an activating group) is 1. The fourth-order valence-electron chi connectivity index (χ4n) is 2.53. The molecule has 0 radical (unpaired) electrons. The van der Waals surface area contributed by atoms with Crippen molar-refractivity contribution in [3.05, 3.63) is 57.6 Å². The van der Waals surface area contributed by atoms with Crippen LogP contribution < -0.4 is 5.32 Å². The quantitative estimate of drug-likeness (QED) is 0.727. The summed E-state index contributed by atoms with van der Waals surface area (Å²) in [4.78, 5) is 3.70. The van der Waals surface area contributed by atoms with Crippen molar-refractivity contribution >= 4 is 32.8 Å². The molecule has 0 aliphatic carbocycles. The van der Waals surface area contributed by atoms with Crippen molar-refractivity contribution in [2.45, 2.75) is 12.6 Å². The minimum atomic E-state index is 0.440. The van der Waals surface area contributed by atoms with E-state index in [9.17, 15) is 0 Å². The summed E-state index contributed by atoms with van der Waals surface area (Å²) in [5, 5.41) is 9.43. The standard InChI is InChI=1S/C17H20N2S2/c1-19(2)15(17-8-5-9-20-17)11-18-10-13-12-21-16-7-4-3-6-14(13)16/h3-9,12,15,18H,10-11H2,1-2H3. The zero-order chi connectivity index (χ0) is 14.7. The molecule has 1 N–H and O–H groups in total. The van der Waals surface area contributed by atoms with Crippen LogP contribution in [-0.2, 0) is 6.54 Å². The minimum Gasteiger partial charge on any atom is -0.311 e. The Balaban J connectivity index is 1.65. The van der Waals surface area contributed by atoms with Crippen molar-refractivity contribution < 1.29 is 0 Å². The lowest BCUT2D eigenvalue weighted by atomic mass is 10.1. The number of fused-ring (bicyclic) bond motifs is 1. The van der Waals surface area contributed by atoms with Crippen LogP contribution in [-0.4, -0.2) is 25.5 Å². The van der Waals surface area contributed by atoms with Crippen LogP contribution in [0.3, 0.4) is 0 Å². The van der Waals surface area contributed by atoms with Crippen LogP contribution in [0.4, 0.5) is 0 Å². The predicted octanol–water partition coefficient (Wildman–Crippen LogP) is 4.36. The maximum atomic E-state index is 3.62. The summed E-state index contributed by atoms with van der Waals surface area (Å²) in [5.41, 5.74) is 1.40. The monoisotopic (exact) mass is 316 g/mol. The summed E-state index contributed by atoms with van der Waals surface area (Å²) in [5.74, 6) is 0. The van der Waals surface area contributed by atoms with Crippen LogP contribution in [0.25, 0.3) is 10.1 Å². The fraction of sp³-hybridized carbons (Fsp3) is 0.294. The Morgan fingerprint density at radius 3 is 2.71 bits per heavy atom. The van der Waals surface area contributed by atoms with Gasteiger partial charge in [-0.3, -0.25) is 0 Å². The van der Waals surface area contributed by atoms with Gasteiger partial charge in [0.05, 0.1) is 6.04 Å². The van der Waals surface area contributed by atoms with Gasteiger partial charge < -0.3 is 10.2 Å². The minimum absolute atomic E-state index is 0.440. The van der Waals surface area contributed by atoms with Crippen molar-refractivity contribution in [1.29, 1.82) is 0 Å². The van der Waals surface area contributed by atoms with Gasteiger partial charge >= 0.3 is 0 Å². The topological polar surface area (TPSA) is 15.3 Å². The largest absolute Gasteiger partial charge is 0.311 e. The average molecular weight is 316 g/mol. The van der Waals surface area contributed by atoms with E-state index in [0.717, 1.165) is 13.1 Å². The summed E-state index contributed by atoms with van der Waals surface area (Å²) in [6.07, 6.45) is 0. The van der Waals surface area contributed by atoms with Crippen LogP contribution >= 0.6 is 22.7 Å². The van der Waals surface area contributed by atoms with Crippen LogP contribution in [0.2, 0.25) is 0 Å². The number of hydrogen-bond donors (Lipinski definition) is 1. The second kappa shape index (κ2) is 6.71. The smallest absolute Gasteiger partial charge is 0.0561 e. The van der Waals surface area contributed by atoms with E-state index in [1.54, 1.807) is 0 Å². The summed E-state index contributed by atoms with van der Waals surface area (Å²) >= 11 is 3.66. The van der Waals surface area contributed by atoms with Gasteiger partial charge in [0.2, 0.25) is 0 Å². The first kappa shape index (κ1) is 14.7. The molecule has 0 amide bonds. The van der Waals surface area contributed by atoms with Crippen molar-refractivity contribution in [2.75, 3.05) is 20.6 Å². The Kier molecular flexibility index (Phi) is 4.70. The van der Waals surface area contributed by atoms with Crippen molar-refractivity contribution in [2.24, 2.45) is 0 Å². The van der Waals surface area contributed by atoms with Gasteiger partial charge in [0.25, 0.3) is 0 Å². The van der Waals surface area contributed by atoms with Gasteiger partial charge in [-0.2, -0.15) is 0 Å². The van der Waals surface area contributed by atoms with Crippen molar-refractivity contribution in [3.63, 3.8) is 0 Å². The maximum absolute atomic E-state index is 3.62. The van der Waals surface area contributed by atoms with Gasteiger partial charge in [0.15, 0.2) is 0 Å². The first-order valence-corrected chi connectivity index (χ1v) is 8.87. The molecule has 0 fully saturated rings. The Hall–Kier alpha value is -1.20. The molecule has 4 heteroatoms. The fourth-order valence-corrected chi connectivity index (χ4v) is 4.42. The third-order valence-corrected chi connectivity index (χ3v) is 5.70. The number of rotatable bonds is 6. The van der Waals surface area contributed by atoms with E-state index in [0.29, 0.717) is 6.04 Å². The van der Waals surface area contributed by atoms with Crippen LogP contribution in [0.5, 0.6) is 0 Å². The van der Waals surface area contributed by atoms with E-state index >= 15 is 0 Å². The third kappa shape index (κ3) is 3.35. The highest BCUT2D eigenvalue weighted by molar-refractivity contribution is 7.17. The van der Waals surface area contributed by atoms with Crippen LogP contribution in [0.1, 0.15) is 16.5 Å². The molecule has 1 unspecified atom stereocenters. The van der Waals surface area contributed by atoms with E-state index in [1.165, 1.54) is 20.5 Å². The van der Waals surface area contributed by atoms with Crippen LogP contribution in [0.15, 0.2) is 47.2 Å². The molecular formula is C17H20N2S2. The number of thiophene rings is 2. The molecule has 110 valence electrons. The van der Waals surface area contributed by atoms with Gasteiger partial charge in [-0.25, -0.2) is 0 Å². The molecule has 2 aromatic heterocycles. The Bertz CT molecular complexity index is 686. The lowest BCUT2D eigenvalue weighted by Gasteiger charge is -2.23. The molecule has 0 bridgehead atoms. The molecule has 2 nitrogen and oxygen atoms in total.